The lowest BCUT2D eigenvalue weighted by Gasteiger charge is -2.31. The molecule has 0 radical (unpaired) electrons. The topological polar surface area (TPSA) is 121 Å². The van der Waals surface area contributed by atoms with Gasteiger partial charge in [-0.15, -0.1) is 0 Å². The zero-order chi connectivity index (χ0) is 25.5. The number of hydrogen-bond donors (Lipinski definition) is 0. The van der Waals surface area contributed by atoms with E-state index < -0.39 is 11.1 Å². The number of ketones is 1. The zero-order valence-electron chi connectivity index (χ0n) is 19.7. The van der Waals surface area contributed by atoms with E-state index in [1.807, 2.05) is 6.07 Å². The number of benzene rings is 2. The molecule has 1 aromatic heterocycles. The van der Waals surface area contributed by atoms with E-state index in [1.165, 1.54) is 12.1 Å². The lowest BCUT2D eigenvalue weighted by atomic mass is 10.0. The number of carbonyl (C=O) groups is 2. The second-order valence-corrected chi connectivity index (χ2v) is 8.06. The smallest absolute Gasteiger partial charge is 0.439 e. The average Bonchev–Trinajstić information content (AvgIpc) is 2.89. The van der Waals surface area contributed by atoms with Crippen LogP contribution in [0.2, 0.25) is 0 Å². The van der Waals surface area contributed by atoms with Crippen LogP contribution in [0.3, 0.4) is 0 Å². The zero-order valence-corrected chi connectivity index (χ0v) is 19.7. The number of piperidine rings is 1. The van der Waals surface area contributed by atoms with Crippen molar-refractivity contribution < 1.29 is 28.7 Å². The summed E-state index contributed by atoms with van der Waals surface area (Å²) in [5.74, 6) is 0.701. The van der Waals surface area contributed by atoms with E-state index in [0.29, 0.717) is 42.8 Å². The third kappa shape index (κ3) is 5.96. The molecule has 36 heavy (non-hydrogen) atoms. The van der Waals surface area contributed by atoms with Gasteiger partial charge in [0, 0.05) is 49.2 Å². The van der Waals surface area contributed by atoms with E-state index in [2.05, 4.69) is 4.98 Å². The maximum atomic E-state index is 12.6. The normalized spacial score (nSPS) is 13.6. The monoisotopic (exact) mass is 491 g/mol. The largest absolute Gasteiger partial charge is 0.508 e. The summed E-state index contributed by atoms with van der Waals surface area (Å²) in [7, 11) is 0. The highest BCUT2D eigenvalue weighted by Gasteiger charge is 2.28. The molecule has 0 aliphatic carbocycles. The molecule has 1 fully saturated rings. The van der Waals surface area contributed by atoms with E-state index in [-0.39, 0.29) is 35.9 Å². The quantitative estimate of drug-likeness (QED) is 0.182. The summed E-state index contributed by atoms with van der Waals surface area (Å²) in [4.78, 5) is 41.5. The van der Waals surface area contributed by atoms with Crippen molar-refractivity contribution in [2.45, 2.75) is 25.9 Å². The first kappa shape index (κ1) is 24.6. The number of aromatic nitrogens is 1. The van der Waals surface area contributed by atoms with Crippen molar-refractivity contribution in [1.82, 2.24) is 4.98 Å². The fraction of sp³-hybridized carbons (Fsp3) is 0.269. The number of rotatable bonds is 8. The van der Waals surface area contributed by atoms with Crippen LogP contribution in [0, 0.1) is 10.1 Å². The maximum absolute atomic E-state index is 12.6. The molecule has 186 valence electrons. The highest BCUT2D eigenvalue weighted by atomic mass is 16.7. The molecule has 2 heterocycles. The van der Waals surface area contributed by atoms with Crippen molar-refractivity contribution in [3.8, 4) is 11.6 Å². The summed E-state index contributed by atoms with van der Waals surface area (Å²) < 4.78 is 15.9. The fourth-order valence-electron chi connectivity index (χ4n) is 3.88. The van der Waals surface area contributed by atoms with Crippen LogP contribution in [-0.4, -0.2) is 47.6 Å². The molecule has 0 N–H and O–H groups in total. The number of nitrogens with zero attached hydrogens (tertiary/aromatic N) is 3. The van der Waals surface area contributed by atoms with E-state index in [4.69, 9.17) is 14.2 Å². The Hall–Kier alpha value is -4.47. The molecular formula is C26H25N3O7. The Morgan fingerprint density at radius 3 is 2.31 bits per heavy atom. The Labute approximate surface area is 207 Å². The van der Waals surface area contributed by atoms with Crippen molar-refractivity contribution in [3.63, 3.8) is 0 Å². The lowest BCUT2D eigenvalue weighted by molar-refractivity contribution is -0.384. The Morgan fingerprint density at radius 2 is 1.67 bits per heavy atom. The minimum absolute atomic E-state index is 0.103. The molecule has 10 heteroatoms. The first-order chi connectivity index (χ1) is 17.4. The minimum Gasteiger partial charge on any atom is -0.439 e. The predicted molar refractivity (Wildman–Crippen MR) is 131 cm³/mol. The molecule has 0 atom stereocenters. The number of nitro groups is 1. The highest BCUT2D eigenvalue weighted by molar-refractivity contribution is 6.08. The molecule has 0 saturated carbocycles. The van der Waals surface area contributed by atoms with E-state index in [9.17, 15) is 19.7 Å². The second kappa shape index (κ2) is 11.3. The summed E-state index contributed by atoms with van der Waals surface area (Å²) in [5, 5.41) is 11.6. The van der Waals surface area contributed by atoms with Crippen LogP contribution < -0.4 is 9.64 Å². The molecule has 3 aromatic rings. The van der Waals surface area contributed by atoms with Gasteiger partial charge in [0.15, 0.2) is 5.78 Å². The van der Waals surface area contributed by atoms with Crippen LogP contribution in [0.1, 0.15) is 35.7 Å². The predicted octanol–water partition coefficient (Wildman–Crippen LogP) is 5.16. The second-order valence-electron chi connectivity index (χ2n) is 8.06. The number of pyridine rings is 1. The van der Waals surface area contributed by atoms with Crippen LogP contribution in [0.5, 0.6) is 11.6 Å². The van der Waals surface area contributed by atoms with Gasteiger partial charge in [-0.25, -0.2) is 4.79 Å². The van der Waals surface area contributed by atoms with Gasteiger partial charge < -0.3 is 19.1 Å². The molecule has 0 amide bonds. The summed E-state index contributed by atoms with van der Waals surface area (Å²) in [6, 6.07) is 18.4. The first-order valence-electron chi connectivity index (χ1n) is 11.6. The minimum atomic E-state index is -0.716. The van der Waals surface area contributed by atoms with Gasteiger partial charge in [0.2, 0.25) is 11.7 Å². The Bertz CT molecular complexity index is 1220. The SMILES string of the molecule is CCOC(=O)OC1CCN(c2nc(Oc3ccc(C(=O)c4ccccc4)cc3)ccc2[N+](=O)[O-])CC1. The average molecular weight is 492 g/mol. The van der Waals surface area contributed by atoms with E-state index in [1.54, 1.807) is 60.4 Å². The van der Waals surface area contributed by atoms with Crippen molar-refractivity contribution >= 4 is 23.4 Å². The lowest BCUT2D eigenvalue weighted by Crippen LogP contribution is -2.38. The van der Waals surface area contributed by atoms with Gasteiger partial charge in [-0.3, -0.25) is 14.9 Å². The maximum Gasteiger partial charge on any atom is 0.508 e. The Morgan fingerprint density at radius 1 is 1.00 bits per heavy atom. The molecule has 1 aliphatic heterocycles. The number of ether oxygens (including phenoxy) is 3. The third-order valence-corrected chi connectivity index (χ3v) is 5.67. The fourth-order valence-corrected chi connectivity index (χ4v) is 3.88. The van der Waals surface area contributed by atoms with Gasteiger partial charge >= 0.3 is 11.8 Å². The van der Waals surface area contributed by atoms with Crippen molar-refractivity contribution in [3.05, 3.63) is 88.0 Å². The number of anilines is 1. The number of hydrogen-bond acceptors (Lipinski definition) is 9. The van der Waals surface area contributed by atoms with E-state index in [0.717, 1.165) is 0 Å². The van der Waals surface area contributed by atoms with Gasteiger partial charge in [-0.2, -0.15) is 4.98 Å². The Kier molecular flexibility index (Phi) is 7.74. The van der Waals surface area contributed by atoms with Gasteiger partial charge in [0.25, 0.3) is 0 Å². The van der Waals surface area contributed by atoms with Gasteiger partial charge in [-0.05, 0) is 31.2 Å². The number of carbonyl (C=O) groups excluding carboxylic acids is 2. The molecule has 1 aliphatic rings. The third-order valence-electron chi connectivity index (χ3n) is 5.67. The van der Waals surface area contributed by atoms with Gasteiger partial charge in [-0.1, -0.05) is 30.3 Å². The Balaban J connectivity index is 1.45. The summed E-state index contributed by atoms with van der Waals surface area (Å²) in [6.07, 6.45) is -0.0675. The molecule has 0 unspecified atom stereocenters. The highest BCUT2D eigenvalue weighted by Crippen LogP contribution is 2.32. The standard InChI is InChI=1S/C26H25N3O7/c1-2-34-26(31)36-21-14-16-28(17-15-21)25-22(29(32)33)12-13-23(27-25)35-20-10-8-19(9-11-20)24(30)18-6-4-3-5-7-18/h3-13,21H,2,14-17H2,1H3. The van der Waals surface area contributed by atoms with Crippen LogP contribution >= 0.6 is 0 Å². The van der Waals surface area contributed by atoms with Crippen LogP contribution in [0.4, 0.5) is 16.3 Å². The van der Waals surface area contributed by atoms with Crippen molar-refractivity contribution in [2.24, 2.45) is 0 Å². The molecule has 4 rings (SSSR count). The van der Waals surface area contributed by atoms with Gasteiger partial charge in [0.05, 0.1) is 11.5 Å². The van der Waals surface area contributed by atoms with E-state index >= 15 is 0 Å². The molecule has 1 saturated heterocycles. The van der Waals surface area contributed by atoms with Crippen LogP contribution in [0.25, 0.3) is 0 Å². The first-order valence-corrected chi connectivity index (χ1v) is 11.6. The van der Waals surface area contributed by atoms with Crippen LogP contribution in [-0.2, 0) is 9.47 Å². The van der Waals surface area contributed by atoms with Crippen molar-refractivity contribution in [1.29, 1.82) is 0 Å². The molecule has 0 bridgehead atoms. The molecule has 0 spiro atoms. The summed E-state index contributed by atoms with van der Waals surface area (Å²) in [5.41, 5.74) is 0.957. The molecular weight excluding hydrogens is 466 g/mol. The summed E-state index contributed by atoms with van der Waals surface area (Å²) >= 11 is 0. The summed E-state index contributed by atoms with van der Waals surface area (Å²) in [6.45, 7) is 2.75. The molecule has 10 nitrogen and oxygen atoms in total. The van der Waals surface area contributed by atoms with Crippen molar-refractivity contribution in [2.75, 3.05) is 24.6 Å². The molecule has 2 aromatic carbocycles. The van der Waals surface area contributed by atoms with Crippen LogP contribution in [0.15, 0.2) is 66.7 Å². The van der Waals surface area contributed by atoms with Gasteiger partial charge in [0.1, 0.15) is 11.9 Å².